The van der Waals surface area contributed by atoms with Gasteiger partial charge in [-0.15, -0.1) is 0 Å². The van der Waals surface area contributed by atoms with Gasteiger partial charge >= 0.3 is 29.6 Å². The van der Waals surface area contributed by atoms with Crippen LogP contribution in [0, 0.1) is 0 Å². The van der Waals surface area contributed by atoms with Crippen LogP contribution in [0.3, 0.4) is 0 Å². The summed E-state index contributed by atoms with van der Waals surface area (Å²) in [6, 6.07) is 0. The van der Waals surface area contributed by atoms with Crippen molar-refractivity contribution in [3.63, 3.8) is 0 Å². The van der Waals surface area contributed by atoms with E-state index in [9.17, 15) is 15.0 Å². The molecule has 0 aliphatic carbocycles. The maximum atomic E-state index is 10.6. The molecule has 0 amide bonds. The third-order valence-electron chi connectivity index (χ3n) is 4.62. The molecule has 0 aliphatic heterocycles. The molecule has 0 saturated carbocycles. The molecule has 0 aromatic carbocycles. The van der Waals surface area contributed by atoms with Gasteiger partial charge in [0.2, 0.25) is 0 Å². The second-order valence-corrected chi connectivity index (χ2v) is 7.25. The quantitative estimate of drug-likeness (QED) is 0.244. The van der Waals surface area contributed by atoms with E-state index in [1.165, 1.54) is 77.6 Å². The maximum Gasteiger partial charge on any atom is 1.00 e. The van der Waals surface area contributed by atoms with E-state index in [0.29, 0.717) is 0 Å². The van der Waals surface area contributed by atoms with E-state index in [-0.39, 0.29) is 36.0 Å². The van der Waals surface area contributed by atoms with Crippen molar-refractivity contribution in [1.29, 1.82) is 0 Å². The number of carbonyl (C=O) groups excluding carboxylic acids is 1. The fourth-order valence-corrected chi connectivity index (χ4v) is 2.82. The van der Waals surface area contributed by atoms with Crippen LogP contribution >= 0.6 is 0 Å². The average Bonchev–Trinajstić information content (AvgIpc) is 2.54. The average molecular weight is 363 g/mol. The zero-order valence-corrected chi connectivity index (χ0v) is 19.0. The van der Waals surface area contributed by atoms with Crippen LogP contribution in [0.15, 0.2) is 12.2 Å². The molecule has 0 saturated heterocycles. The smallest absolute Gasteiger partial charge is 0.547 e. The summed E-state index contributed by atoms with van der Waals surface area (Å²) in [7, 11) is 0. The van der Waals surface area contributed by atoms with E-state index in [1.54, 1.807) is 0 Å². The van der Waals surface area contributed by atoms with Gasteiger partial charge in [0.1, 0.15) is 5.60 Å². The first-order valence-electron chi connectivity index (χ1n) is 10.1. The standard InChI is InChI=1S/C21H40O3.Na/c1-3-4-5-6-7-8-9-10-11-12-13-14-15-16-17-18-19-21(2,24)20(22)23;/h10-11,24H,3-9,12-19H2,1-2H3,(H,22,23);/q;+1/p-1/b11-10-;. The van der Waals surface area contributed by atoms with Crippen molar-refractivity contribution in [3.8, 4) is 0 Å². The van der Waals surface area contributed by atoms with Crippen LogP contribution in [-0.2, 0) is 4.79 Å². The number of carbonyl (C=O) groups is 1. The van der Waals surface area contributed by atoms with Gasteiger partial charge in [0.15, 0.2) is 0 Å². The molecule has 0 radical (unpaired) electrons. The van der Waals surface area contributed by atoms with Crippen molar-refractivity contribution in [1.82, 2.24) is 0 Å². The van der Waals surface area contributed by atoms with Crippen LogP contribution in [0.4, 0.5) is 0 Å². The van der Waals surface area contributed by atoms with Crippen LogP contribution < -0.4 is 34.7 Å². The number of rotatable bonds is 17. The van der Waals surface area contributed by atoms with Gasteiger partial charge in [0.05, 0.1) is 5.97 Å². The third-order valence-corrected chi connectivity index (χ3v) is 4.62. The molecule has 142 valence electrons. The minimum absolute atomic E-state index is 0. The molecule has 0 fully saturated rings. The summed E-state index contributed by atoms with van der Waals surface area (Å²) in [6.45, 7) is 3.57. The predicted octanol–water partition coefficient (Wildman–Crippen LogP) is 1.92. The fourth-order valence-electron chi connectivity index (χ4n) is 2.82. The molecule has 1 atom stereocenters. The Morgan fingerprint density at radius 2 is 1.24 bits per heavy atom. The Labute approximate surface area is 178 Å². The van der Waals surface area contributed by atoms with Gasteiger partial charge in [-0.1, -0.05) is 83.3 Å². The van der Waals surface area contributed by atoms with Gasteiger partial charge in [-0.3, -0.25) is 0 Å². The Balaban J connectivity index is 0. The minimum atomic E-state index is -1.67. The molecule has 4 heteroatoms. The fraction of sp³-hybridized carbons (Fsp3) is 0.857. The summed E-state index contributed by atoms with van der Waals surface area (Å²) >= 11 is 0. The molecular weight excluding hydrogens is 323 g/mol. The molecule has 1 N–H and O–H groups in total. The molecule has 0 bridgehead atoms. The normalized spacial score (nSPS) is 13.6. The van der Waals surface area contributed by atoms with Gasteiger partial charge in [0.25, 0.3) is 0 Å². The Morgan fingerprint density at radius 1 is 0.840 bits per heavy atom. The van der Waals surface area contributed by atoms with Crippen molar-refractivity contribution in [2.24, 2.45) is 0 Å². The summed E-state index contributed by atoms with van der Waals surface area (Å²) in [5.74, 6) is -1.37. The van der Waals surface area contributed by atoms with Gasteiger partial charge in [0, 0.05) is 0 Å². The predicted molar refractivity (Wildman–Crippen MR) is 99.7 cm³/mol. The van der Waals surface area contributed by atoms with Crippen molar-refractivity contribution < 1.29 is 44.6 Å². The molecule has 0 aliphatic rings. The Hall–Kier alpha value is 0.170. The molecule has 0 aromatic heterocycles. The second kappa shape index (κ2) is 18.9. The molecule has 0 rings (SSSR count). The number of hydrogen-bond acceptors (Lipinski definition) is 3. The molecule has 3 nitrogen and oxygen atoms in total. The summed E-state index contributed by atoms with van der Waals surface area (Å²) < 4.78 is 0. The molecule has 0 spiro atoms. The molecule has 25 heavy (non-hydrogen) atoms. The van der Waals surface area contributed by atoms with E-state index >= 15 is 0 Å². The first kappa shape index (κ1) is 27.4. The van der Waals surface area contributed by atoms with Gasteiger partial charge in [-0.2, -0.15) is 0 Å². The number of hydrogen-bond donors (Lipinski definition) is 1. The number of unbranched alkanes of at least 4 members (excludes halogenated alkanes) is 12. The van der Waals surface area contributed by atoms with E-state index in [2.05, 4.69) is 19.1 Å². The van der Waals surface area contributed by atoms with E-state index < -0.39 is 11.6 Å². The number of carboxylic acids is 1. The molecular formula is C21H39NaO3. The van der Waals surface area contributed by atoms with Crippen molar-refractivity contribution in [2.75, 3.05) is 0 Å². The third kappa shape index (κ3) is 18.8. The zero-order valence-electron chi connectivity index (χ0n) is 17.0. The Kier molecular flexibility index (Phi) is 20.8. The van der Waals surface area contributed by atoms with Gasteiger partial charge < -0.3 is 15.0 Å². The van der Waals surface area contributed by atoms with Crippen molar-refractivity contribution >= 4 is 5.97 Å². The van der Waals surface area contributed by atoms with Crippen LogP contribution in [0.25, 0.3) is 0 Å². The van der Waals surface area contributed by atoms with Gasteiger partial charge in [-0.05, 0) is 39.0 Å². The number of allylic oxidation sites excluding steroid dienone is 2. The van der Waals surface area contributed by atoms with Crippen molar-refractivity contribution in [3.05, 3.63) is 12.2 Å². The monoisotopic (exact) mass is 362 g/mol. The van der Waals surface area contributed by atoms with Crippen molar-refractivity contribution in [2.45, 2.75) is 116 Å². The largest absolute Gasteiger partial charge is 1.00 e. The summed E-state index contributed by atoms with van der Waals surface area (Å²) in [5.41, 5.74) is -1.67. The SMILES string of the molecule is CCCCCCCC/C=C\CCCCCCCCC(C)(O)C(=O)[O-].[Na+]. The number of aliphatic carboxylic acids is 1. The number of aliphatic hydroxyl groups is 1. The Bertz CT molecular complexity index is 327. The second-order valence-electron chi connectivity index (χ2n) is 7.25. The minimum Gasteiger partial charge on any atom is -0.547 e. The van der Waals surface area contributed by atoms with Crippen LogP contribution in [0.2, 0.25) is 0 Å². The van der Waals surface area contributed by atoms with E-state index in [1.807, 2.05) is 0 Å². The topological polar surface area (TPSA) is 60.4 Å². The molecule has 0 aromatic rings. The Morgan fingerprint density at radius 3 is 1.68 bits per heavy atom. The molecule has 0 heterocycles. The van der Waals surface area contributed by atoms with Crippen LogP contribution in [0.5, 0.6) is 0 Å². The van der Waals surface area contributed by atoms with Gasteiger partial charge in [-0.25, -0.2) is 0 Å². The zero-order chi connectivity index (χ0) is 18.1. The van der Waals surface area contributed by atoms with E-state index in [0.717, 1.165) is 19.3 Å². The molecule has 1 unspecified atom stereocenters. The van der Waals surface area contributed by atoms with E-state index in [4.69, 9.17) is 0 Å². The first-order valence-corrected chi connectivity index (χ1v) is 10.1. The maximum absolute atomic E-state index is 10.6. The van der Waals surface area contributed by atoms with Crippen LogP contribution in [0.1, 0.15) is 110 Å². The van der Waals surface area contributed by atoms with Crippen LogP contribution in [-0.4, -0.2) is 16.7 Å². The number of carboxylic acid groups (broad SMARTS) is 1. The summed E-state index contributed by atoms with van der Waals surface area (Å²) in [4.78, 5) is 10.6. The summed E-state index contributed by atoms with van der Waals surface area (Å²) in [6.07, 6.45) is 22.0. The summed E-state index contributed by atoms with van der Waals surface area (Å²) in [5, 5.41) is 20.2. The first-order chi connectivity index (χ1) is 11.5.